The minimum atomic E-state index is 0.729. The van der Waals surface area contributed by atoms with E-state index < -0.39 is 0 Å². The summed E-state index contributed by atoms with van der Waals surface area (Å²) in [7, 11) is 0. The summed E-state index contributed by atoms with van der Waals surface area (Å²) in [5, 5.41) is 3.27. The lowest BCUT2D eigenvalue weighted by Gasteiger charge is -2.10. The van der Waals surface area contributed by atoms with Crippen LogP contribution >= 0.6 is 0 Å². The number of unbranched alkanes of at least 4 members (excludes halogenated alkanes) is 1. The van der Waals surface area contributed by atoms with Crippen molar-refractivity contribution in [1.29, 1.82) is 0 Å². The number of anilines is 2. The summed E-state index contributed by atoms with van der Waals surface area (Å²) in [4.78, 5) is 0. The van der Waals surface area contributed by atoms with Crippen molar-refractivity contribution in [2.24, 2.45) is 0 Å². The molecule has 3 N–H and O–H groups in total. The summed E-state index contributed by atoms with van der Waals surface area (Å²) in [5.74, 6) is 0. The van der Waals surface area contributed by atoms with Gasteiger partial charge in [0.25, 0.3) is 0 Å². The summed E-state index contributed by atoms with van der Waals surface area (Å²) in [6, 6.07) is 6.04. The molecule has 0 bridgehead atoms. The van der Waals surface area contributed by atoms with E-state index in [1.54, 1.807) is 0 Å². The number of rotatable bonds is 7. The third-order valence-corrected chi connectivity index (χ3v) is 2.41. The van der Waals surface area contributed by atoms with Gasteiger partial charge in [0.1, 0.15) is 0 Å². The average molecular weight is 222 g/mol. The van der Waals surface area contributed by atoms with Gasteiger partial charge in [0, 0.05) is 13.2 Å². The van der Waals surface area contributed by atoms with E-state index in [0.29, 0.717) is 0 Å². The highest BCUT2D eigenvalue weighted by atomic mass is 16.5. The lowest BCUT2D eigenvalue weighted by Crippen LogP contribution is -2.11. The van der Waals surface area contributed by atoms with E-state index in [1.165, 1.54) is 12.0 Å². The minimum absolute atomic E-state index is 0.729. The molecule has 0 aliphatic carbocycles. The Morgan fingerprint density at radius 2 is 2.12 bits per heavy atom. The molecule has 0 saturated heterocycles. The third-order valence-electron chi connectivity index (χ3n) is 2.41. The fourth-order valence-corrected chi connectivity index (χ4v) is 1.45. The number of aryl methyl sites for hydroxylation is 1. The molecule has 0 atom stereocenters. The molecular formula is C13H22N2O. The van der Waals surface area contributed by atoms with Gasteiger partial charge in [-0.3, -0.25) is 0 Å². The molecule has 3 nitrogen and oxygen atoms in total. The molecule has 16 heavy (non-hydrogen) atoms. The highest BCUT2D eigenvalue weighted by Gasteiger charge is 1.97. The van der Waals surface area contributed by atoms with Crippen molar-refractivity contribution in [3.8, 4) is 0 Å². The van der Waals surface area contributed by atoms with Gasteiger partial charge in [-0.2, -0.15) is 0 Å². The zero-order chi connectivity index (χ0) is 11.8. The zero-order valence-electron chi connectivity index (χ0n) is 10.3. The molecule has 0 amide bonds. The first-order valence-corrected chi connectivity index (χ1v) is 5.91. The van der Waals surface area contributed by atoms with Crippen LogP contribution in [0.5, 0.6) is 0 Å². The maximum Gasteiger partial charge on any atom is 0.0639 e. The van der Waals surface area contributed by atoms with Crippen LogP contribution in [0.25, 0.3) is 0 Å². The summed E-state index contributed by atoms with van der Waals surface area (Å²) in [6.07, 6.45) is 2.31. The Morgan fingerprint density at radius 3 is 2.81 bits per heavy atom. The van der Waals surface area contributed by atoms with Gasteiger partial charge in [0.2, 0.25) is 0 Å². The molecule has 1 aromatic carbocycles. The van der Waals surface area contributed by atoms with E-state index in [-0.39, 0.29) is 0 Å². The van der Waals surface area contributed by atoms with Crippen LogP contribution in [0.1, 0.15) is 25.3 Å². The molecule has 0 saturated carbocycles. The molecule has 0 aliphatic heterocycles. The quantitative estimate of drug-likeness (QED) is 0.551. The van der Waals surface area contributed by atoms with Crippen LogP contribution in [0.15, 0.2) is 18.2 Å². The number of benzene rings is 1. The molecule has 0 spiro atoms. The number of nitrogens with two attached hydrogens (primary N) is 1. The average Bonchev–Trinajstić information content (AvgIpc) is 2.26. The molecule has 0 radical (unpaired) electrons. The van der Waals surface area contributed by atoms with E-state index in [2.05, 4.69) is 18.3 Å². The van der Waals surface area contributed by atoms with Gasteiger partial charge in [-0.15, -0.1) is 0 Å². The van der Waals surface area contributed by atoms with Crippen LogP contribution in [0.2, 0.25) is 0 Å². The van der Waals surface area contributed by atoms with Crippen molar-refractivity contribution >= 4 is 11.4 Å². The smallest absolute Gasteiger partial charge is 0.0639 e. The first kappa shape index (κ1) is 12.8. The Morgan fingerprint density at radius 1 is 1.31 bits per heavy atom. The molecular weight excluding hydrogens is 200 g/mol. The predicted octanol–water partition coefficient (Wildman–Crippen LogP) is 2.81. The molecule has 0 aromatic heterocycles. The summed E-state index contributed by atoms with van der Waals surface area (Å²) < 4.78 is 5.46. The second-order valence-corrected chi connectivity index (χ2v) is 3.98. The lowest BCUT2D eigenvalue weighted by atomic mass is 10.2. The molecule has 0 aliphatic rings. The SMILES string of the molecule is CCCCOCCNc1ccc(C)cc1N. The van der Waals surface area contributed by atoms with Crippen LogP contribution < -0.4 is 11.1 Å². The number of hydrogen-bond donors (Lipinski definition) is 2. The fourth-order valence-electron chi connectivity index (χ4n) is 1.45. The summed E-state index contributed by atoms with van der Waals surface area (Å²) in [6.45, 7) is 6.58. The molecule has 1 aromatic rings. The summed E-state index contributed by atoms with van der Waals surface area (Å²) >= 11 is 0. The van der Waals surface area contributed by atoms with Crippen LogP contribution in [0.4, 0.5) is 11.4 Å². The van der Waals surface area contributed by atoms with E-state index in [0.717, 1.165) is 37.6 Å². The number of ether oxygens (including phenoxy) is 1. The van der Waals surface area contributed by atoms with Crippen molar-refractivity contribution in [3.63, 3.8) is 0 Å². The molecule has 0 heterocycles. The highest BCUT2D eigenvalue weighted by Crippen LogP contribution is 2.18. The fraction of sp³-hybridized carbons (Fsp3) is 0.538. The van der Waals surface area contributed by atoms with Gasteiger partial charge in [0.05, 0.1) is 18.0 Å². The second-order valence-electron chi connectivity index (χ2n) is 3.98. The number of hydrogen-bond acceptors (Lipinski definition) is 3. The van der Waals surface area contributed by atoms with Crippen LogP contribution in [-0.2, 0) is 4.74 Å². The molecule has 0 unspecified atom stereocenters. The first-order chi connectivity index (χ1) is 7.74. The van der Waals surface area contributed by atoms with Crippen molar-refractivity contribution < 1.29 is 4.74 Å². The van der Waals surface area contributed by atoms with Gasteiger partial charge >= 0.3 is 0 Å². The van der Waals surface area contributed by atoms with Crippen molar-refractivity contribution in [1.82, 2.24) is 0 Å². The van der Waals surface area contributed by atoms with E-state index in [1.807, 2.05) is 19.1 Å². The number of nitrogen functional groups attached to an aromatic ring is 1. The van der Waals surface area contributed by atoms with Gasteiger partial charge in [-0.05, 0) is 31.0 Å². The van der Waals surface area contributed by atoms with Crippen molar-refractivity contribution in [2.75, 3.05) is 30.8 Å². The third kappa shape index (κ3) is 4.53. The standard InChI is InChI=1S/C13H22N2O/c1-3-4-8-16-9-7-15-13-6-5-11(2)10-12(13)14/h5-6,10,15H,3-4,7-9,14H2,1-2H3. The topological polar surface area (TPSA) is 47.3 Å². The van der Waals surface area contributed by atoms with Crippen LogP contribution in [0, 0.1) is 6.92 Å². The van der Waals surface area contributed by atoms with E-state index >= 15 is 0 Å². The minimum Gasteiger partial charge on any atom is -0.397 e. The Balaban J connectivity index is 2.21. The largest absolute Gasteiger partial charge is 0.397 e. The molecule has 90 valence electrons. The van der Waals surface area contributed by atoms with Gasteiger partial charge in [-0.25, -0.2) is 0 Å². The monoisotopic (exact) mass is 222 g/mol. The number of nitrogens with one attached hydrogen (secondary N) is 1. The molecule has 3 heteroatoms. The normalized spacial score (nSPS) is 10.4. The Kier molecular flexibility index (Phi) is 5.72. The lowest BCUT2D eigenvalue weighted by molar-refractivity contribution is 0.141. The van der Waals surface area contributed by atoms with Gasteiger partial charge in [-0.1, -0.05) is 19.4 Å². The van der Waals surface area contributed by atoms with E-state index in [4.69, 9.17) is 10.5 Å². The van der Waals surface area contributed by atoms with Crippen molar-refractivity contribution in [3.05, 3.63) is 23.8 Å². The van der Waals surface area contributed by atoms with Gasteiger partial charge < -0.3 is 15.8 Å². The Hall–Kier alpha value is -1.22. The Bertz CT molecular complexity index is 313. The van der Waals surface area contributed by atoms with Gasteiger partial charge in [0.15, 0.2) is 0 Å². The zero-order valence-corrected chi connectivity index (χ0v) is 10.3. The highest BCUT2D eigenvalue weighted by molar-refractivity contribution is 5.66. The van der Waals surface area contributed by atoms with E-state index in [9.17, 15) is 0 Å². The van der Waals surface area contributed by atoms with Crippen molar-refractivity contribution in [2.45, 2.75) is 26.7 Å². The molecule has 0 fully saturated rings. The molecule has 1 rings (SSSR count). The maximum atomic E-state index is 5.88. The van der Waals surface area contributed by atoms with Crippen LogP contribution in [-0.4, -0.2) is 19.8 Å². The first-order valence-electron chi connectivity index (χ1n) is 5.91. The maximum absolute atomic E-state index is 5.88. The Labute approximate surface area is 98.0 Å². The summed E-state index contributed by atoms with van der Waals surface area (Å²) in [5.41, 5.74) is 8.85. The predicted molar refractivity (Wildman–Crippen MR) is 69.8 cm³/mol. The van der Waals surface area contributed by atoms with Crippen LogP contribution in [0.3, 0.4) is 0 Å². The second kappa shape index (κ2) is 7.12.